The Bertz CT molecular complexity index is 388. The largest absolute Gasteiger partial charge is 0.388 e. The monoisotopic (exact) mass is 234 g/mol. The molecule has 2 atom stereocenters. The van der Waals surface area contributed by atoms with Crippen molar-refractivity contribution in [3.8, 4) is 0 Å². The molecule has 0 aromatic heterocycles. The molecule has 1 fully saturated rings. The molecule has 94 valence electrons. The van der Waals surface area contributed by atoms with Gasteiger partial charge in [-0.3, -0.25) is 0 Å². The molecule has 0 spiro atoms. The number of hydrogen-bond donors (Lipinski definition) is 1. The first-order chi connectivity index (χ1) is 7.81. The average molecular weight is 234 g/mol. The summed E-state index contributed by atoms with van der Waals surface area (Å²) in [6, 6.07) is 8.48. The van der Waals surface area contributed by atoms with E-state index in [0.29, 0.717) is 0 Å². The molecule has 1 aromatic carbocycles. The molecule has 1 heterocycles. The quantitative estimate of drug-likeness (QED) is 0.851. The summed E-state index contributed by atoms with van der Waals surface area (Å²) in [6.07, 6.45) is 1.80. The Balaban J connectivity index is 2.19. The molecule has 1 aliphatic rings. The van der Waals surface area contributed by atoms with Crippen molar-refractivity contribution in [1.29, 1.82) is 0 Å². The van der Waals surface area contributed by atoms with E-state index in [-0.39, 0.29) is 11.7 Å². The first-order valence-electron chi connectivity index (χ1n) is 6.29. The predicted molar refractivity (Wildman–Crippen MR) is 68.9 cm³/mol. The van der Waals surface area contributed by atoms with E-state index in [4.69, 9.17) is 4.74 Å². The molecule has 1 aromatic rings. The molecule has 0 bridgehead atoms. The van der Waals surface area contributed by atoms with Crippen LogP contribution >= 0.6 is 0 Å². The van der Waals surface area contributed by atoms with Gasteiger partial charge in [0.15, 0.2) is 0 Å². The maximum atomic E-state index is 10.0. The van der Waals surface area contributed by atoms with Crippen LogP contribution < -0.4 is 0 Å². The van der Waals surface area contributed by atoms with Crippen LogP contribution in [0.5, 0.6) is 0 Å². The van der Waals surface area contributed by atoms with Crippen LogP contribution in [0.1, 0.15) is 44.7 Å². The lowest BCUT2D eigenvalue weighted by atomic mass is 9.91. The number of aliphatic hydroxyl groups is 1. The minimum Gasteiger partial charge on any atom is -0.388 e. The third-order valence-electron chi connectivity index (χ3n) is 3.74. The average Bonchev–Trinajstić information content (AvgIpc) is 2.62. The fraction of sp³-hybridized carbons (Fsp3) is 0.600. The van der Waals surface area contributed by atoms with Crippen LogP contribution in [0, 0.1) is 6.92 Å². The lowest BCUT2D eigenvalue weighted by molar-refractivity contribution is -0.118. The van der Waals surface area contributed by atoms with Gasteiger partial charge in [-0.25, -0.2) is 0 Å². The van der Waals surface area contributed by atoms with Gasteiger partial charge in [0, 0.05) is 0 Å². The van der Waals surface area contributed by atoms with E-state index in [1.165, 1.54) is 11.1 Å². The fourth-order valence-electron chi connectivity index (χ4n) is 2.45. The first kappa shape index (κ1) is 12.6. The van der Waals surface area contributed by atoms with E-state index in [9.17, 15) is 5.11 Å². The summed E-state index contributed by atoms with van der Waals surface area (Å²) in [5, 5.41) is 10.0. The van der Waals surface area contributed by atoms with E-state index >= 15 is 0 Å². The molecule has 1 saturated heterocycles. The highest BCUT2D eigenvalue weighted by molar-refractivity contribution is 5.27. The van der Waals surface area contributed by atoms with Crippen LogP contribution in [0.4, 0.5) is 0 Å². The second-order valence-corrected chi connectivity index (χ2v) is 5.90. The van der Waals surface area contributed by atoms with E-state index in [2.05, 4.69) is 38.1 Å². The Morgan fingerprint density at radius 1 is 1.29 bits per heavy atom. The third kappa shape index (κ3) is 2.53. The molecule has 2 nitrogen and oxygen atoms in total. The van der Waals surface area contributed by atoms with Gasteiger partial charge in [-0.05, 0) is 46.1 Å². The van der Waals surface area contributed by atoms with Crippen LogP contribution in [0.15, 0.2) is 24.3 Å². The molecular weight excluding hydrogens is 212 g/mol. The lowest BCUT2D eigenvalue weighted by Crippen LogP contribution is -2.37. The number of ether oxygens (including phenoxy) is 1. The first-order valence-corrected chi connectivity index (χ1v) is 6.29. The molecule has 1 aliphatic heterocycles. The zero-order valence-corrected chi connectivity index (χ0v) is 11.2. The molecule has 0 saturated carbocycles. The molecule has 2 rings (SSSR count). The van der Waals surface area contributed by atoms with Crippen LogP contribution in [0.3, 0.4) is 0 Å². The van der Waals surface area contributed by atoms with E-state index in [0.717, 1.165) is 12.8 Å². The van der Waals surface area contributed by atoms with Crippen LogP contribution in [-0.4, -0.2) is 16.8 Å². The Morgan fingerprint density at radius 2 is 1.88 bits per heavy atom. The number of rotatable bonds is 2. The van der Waals surface area contributed by atoms with Gasteiger partial charge in [0.1, 0.15) is 0 Å². The highest BCUT2D eigenvalue weighted by Crippen LogP contribution is 2.41. The molecule has 2 heteroatoms. The second-order valence-electron chi connectivity index (χ2n) is 5.90. The lowest BCUT2D eigenvalue weighted by Gasteiger charge is -2.30. The Morgan fingerprint density at radius 3 is 2.35 bits per heavy atom. The van der Waals surface area contributed by atoms with Crippen molar-refractivity contribution in [3.63, 3.8) is 0 Å². The molecule has 0 unspecified atom stereocenters. The van der Waals surface area contributed by atoms with Gasteiger partial charge in [0.05, 0.1) is 17.3 Å². The molecule has 1 N–H and O–H groups in total. The molecule has 0 radical (unpaired) electrons. The van der Waals surface area contributed by atoms with E-state index < -0.39 is 5.60 Å². The minimum absolute atomic E-state index is 0.0752. The summed E-state index contributed by atoms with van der Waals surface area (Å²) >= 11 is 0. The summed E-state index contributed by atoms with van der Waals surface area (Å²) in [4.78, 5) is 0. The SMILES string of the molecule is Cc1ccc([C@]2(C)CC[C@@H](C(C)(C)O)O2)cc1. The molecule has 0 aliphatic carbocycles. The third-order valence-corrected chi connectivity index (χ3v) is 3.74. The van der Waals surface area contributed by atoms with E-state index in [1.54, 1.807) is 0 Å². The smallest absolute Gasteiger partial charge is 0.0909 e. The van der Waals surface area contributed by atoms with Crippen LogP contribution in [-0.2, 0) is 10.3 Å². The summed E-state index contributed by atoms with van der Waals surface area (Å²) in [7, 11) is 0. The minimum atomic E-state index is -0.761. The van der Waals surface area contributed by atoms with Gasteiger partial charge in [0.2, 0.25) is 0 Å². The molecule has 0 amide bonds. The maximum absolute atomic E-state index is 10.0. The normalized spacial score (nSPS) is 29.6. The molecule has 17 heavy (non-hydrogen) atoms. The highest BCUT2D eigenvalue weighted by Gasteiger charge is 2.43. The van der Waals surface area contributed by atoms with Crippen molar-refractivity contribution in [1.82, 2.24) is 0 Å². The summed E-state index contributed by atoms with van der Waals surface area (Å²) in [6.45, 7) is 7.84. The van der Waals surface area contributed by atoms with Crippen molar-refractivity contribution in [3.05, 3.63) is 35.4 Å². The van der Waals surface area contributed by atoms with Crippen LogP contribution in [0.25, 0.3) is 0 Å². The Labute approximate surface area is 104 Å². The molecular formula is C15H22O2. The van der Waals surface area contributed by atoms with Crippen molar-refractivity contribution in [2.75, 3.05) is 0 Å². The van der Waals surface area contributed by atoms with Gasteiger partial charge in [-0.1, -0.05) is 29.8 Å². The Kier molecular flexibility index (Phi) is 3.04. The van der Waals surface area contributed by atoms with Gasteiger partial charge in [-0.15, -0.1) is 0 Å². The second kappa shape index (κ2) is 4.11. The predicted octanol–water partition coefficient (Wildman–Crippen LogP) is 3.16. The fourth-order valence-corrected chi connectivity index (χ4v) is 2.45. The van der Waals surface area contributed by atoms with Gasteiger partial charge in [-0.2, -0.15) is 0 Å². The topological polar surface area (TPSA) is 29.5 Å². The highest BCUT2D eigenvalue weighted by atomic mass is 16.5. The summed E-state index contributed by atoms with van der Waals surface area (Å²) < 4.78 is 6.09. The zero-order valence-electron chi connectivity index (χ0n) is 11.2. The van der Waals surface area contributed by atoms with Crippen molar-refractivity contribution in [2.24, 2.45) is 0 Å². The van der Waals surface area contributed by atoms with E-state index in [1.807, 2.05) is 13.8 Å². The van der Waals surface area contributed by atoms with Gasteiger partial charge >= 0.3 is 0 Å². The Hall–Kier alpha value is -0.860. The maximum Gasteiger partial charge on any atom is 0.0909 e. The summed E-state index contributed by atoms with van der Waals surface area (Å²) in [5.41, 5.74) is 1.45. The van der Waals surface area contributed by atoms with Gasteiger partial charge in [0.25, 0.3) is 0 Å². The zero-order chi connectivity index (χ0) is 12.7. The number of benzene rings is 1. The van der Waals surface area contributed by atoms with Crippen molar-refractivity contribution in [2.45, 2.75) is 57.8 Å². The van der Waals surface area contributed by atoms with Crippen LogP contribution in [0.2, 0.25) is 0 Å². The van der Waals surface area contributed by atoms with Crippen molar-refractivity contribution < 1.29 is 9.84 Å². The number of aryl methyl sites for hydroxylation is 1. The van der Waals surface area contributed by atoms with Gasteiger partial charge < -0.3 is 9.84 Å². The standard InChI is InChI=1S/C15H22O2/c1-11-5-7-12(8-6-11)15(4)10-9-13(17-15)14(2,3)16/h5-8,13,16H,9-10H2,1-4H3/t13-,15-/m0/s1. The number of hydrogen-bond acceptors (Lipinski definition) is 2. The summed E-state index contributed by atoms with van der Waals surface area (Å²) in [5.74, 6) is 0. The van der Waals surface area contributed by atoms with Crippen molar-refractivity contribution >= 4 is 0 Å².